The minimum atomic E-state index is -0.446. The number of aryl methyl sites for hydroxylation is 1. The molecule has 2 fully saturated rings. The molecular weight excluding hydrogens is 562 g/mol. The molecule has 11 nitrogen and oxygen atoms in total. The molecule has 1 N–H and O–H groups in total. The molecule has 1 aromatic carbocycles. The highest BCUT2D eigenvalue weighted by Gasteiger charge is 2.32. The standard InChI is InChI=1S/C31H33N9O2S/c1-39-17-24(14-36-39)28-15-34-29(16-33-28)40(31(41)42-18-21-5-3-2-4-6-21)26-9-7-25(8-10-26)37-30-35-13-23(12-32)27(38-30)11-22-19-43-20-22/h2-6,13-17,22,25-26H,7-11,18-20H2,1H3,(H,35,37,38). The van der Waals surface area contributed by atoms with E-state index in [0.29, 0.717) is 28.9 Å². The Bertz CT molecular complexity index is 1580. The summed E-state index contributed by atoms with van der Waals surface area (Å²) in [6.45, 7) is 0.173. The van der Waals surface area contributed by atoms with Crippen molar-refractivity contribution in [3.05, 3.63) is 78.1 Å². The molecule has 0 radical (unpaired) electrons. The smallest absolute Gasteiger partial charge is 0.416 e. The lowest BCUT2D eigenvalue weighted by Crippen LogP contribution is -2.45. The number of nitriles is 1. The number of benzene rings is 1. The summed E-state index contributed by atoms with van der Waals surface area (Å²) in [5.41, 5.74) is 3.82. The van der Waals surface area contributed by atoms with Gasteiger partial charge in [0.25, 0.3) is 0 Å². The highest BCUT2D eigenvalue weighted by atomic mass is 32.2. The van der Waals surface area contributed by atoms with E-state index in [0.717, 1.165) is 60.4 Å². The molecule has 6 rings (SSSR count). The quantitative estimate of drug-likeness (QED) is 0.281. The van der Waals surface area contributed by atoms with E-state index in [4.69, 9.17) is 9.72 Å². The number of ether oxygens (including phenoxy) is 1. The molecular formula is C31H33N9O2S. The van der Waals surface area contributed by atoms with E-state index in [-0.39, 0.29) is 18.7 Å². The molecule has 1 aliphatic carbocycles. The second-order valence-electron chi connectivity index (χ2n) is 11.0. The second kappa shape index (κ2) is 13.2. The van der Waals surface area contributed by atoms with Crippen LogP contribution in [0.4, 0.5) is 16.6 Å². The molecule has 1 saturated heterocycles. The summed E-state index contributed by atoms with van der Waals surface area (Å²) >= 11 is 1.92. The molecule has 1 saturated carbocycles. The zero-order valence-corrected chi connectivity index (χ0v) is 24.8. The van der Waals surface area contributed by atoms with Crippen molar-refractivity contribution in [3.63, 3.8) is 0 Å². The van der Waals surface area contributed by atoms with Crippen molar-refractivity contribution in [2.75, 3.05) is 21.7 Å². The largest absolute Gasteiger partial charge is 0.444 e. The van der Waals surface area contributed by atoms with Gasteiger partial charge in [-0.25, -0.2) is 19.7 Å². The lowest BCUT2D eigenvalue weighted by molar-refractivity contribution is 0.142. The Morgan fingerprint density at radius 1 is 1.09 bits per heavy atom. The van der Waals surface area contributed by atoms with Crippen LogP contribution in [-0.4, -0.2) is 59.4 Å². The number of aromatic nitrogens is 6. The summed E-state index contributed by atoms with van der Waals surface area (Å²) < 4.78 is 7.47. The van der Waals surface area contributed by atoms with Crippen LogP contribution in [0.1, 0.15) is 42.5 Å². The van der Waals surface area contributed by atoms with Gasteiger partial charge in [-0.3, -0.25) is 14.6 Å². The lowest BCUT2D eigenvalue weighted by atomic mass is 9.90. The Kier molecular flexibility index (Phi) is 8.79. The van der Waals surface area contributed by atoms with Crippen molar-refractivity contribution in [1.82, 2.24) is 29.7 Å². The zero-order valence-electron chi connectivity index (χ0n) is 24.0. The van der Waals surface area contributed by atoms with Crippen molar-refractivity contribution in [2.45, 2.75) is 50.8 Å². The van der Waals surface area contributed by atoms with E-state index in [1.807, 2.05) is 55.3 Å². The maximum atomic E-state index is 13.5. The summed E-state index contributed by atoms with van der Waals surface area (Å²) in [7, 11) is 1.85. The average Bonchev–Trinajstić information content (AvgIpc) is 3.46. The predicted molar refractivity (Wildman–Crippen MR) is 164 cm³/mol. The van der Waals surface area contributed by atoms with Crippen LogP contribution in [0.2, 0.25) is 0 Å². The molecule has 2 aliphatic rings. The Morgan fingerprint density at radius 2 is 1.91 bits per heavy atom. The first-order valence-corrected chi connectivity index (χ1v) is 15.6. The highest BCUT2D eigenvalue weighted by molar-refractivity contribution is 8.00. The van der Waals surface area contributed by atoms with Crippen molar-refractivity contribution in [1.29, 1.82) is 5.26 Å². The molecule has 3 aromatic heterocycles. The number of hydrogen-bond donors (Lipinski definition) is 1. The second-order valence-corrected chi connectivity index (χ2v) is 12.1. The van der Waals surface area contributed by atoms with Gasteiger partial charge in [0.05, 0.1) is 41.7 Å². The van der Waals surface area contributed by atoms with Crippen LogP contribution in [-0.2, 0) is 24.8 Å². The zero-order chi connectivity index (χ0) is 29.6. The monoisotopic (exact) mass is 595 g/mol. The lowest BCUT2D eigenvalue weighted by Gasteiger charge is -2.35. The summed E-state index contributed by atoms with van der Waals surface area (Å²) in [6.07, 6.45) is 12.0. The van der Waals surface area contributed by atoms with E-state index < -0.39 is 6.09 Å². The maximum absolute atomic E-state index is 13.5. The van der Waals surface area contributed by atoms with Gasteiger partial charge in [0.1, 0.15) is 12.7 Å². The van der Waals surface area contributed by atoms with Crippen LogP contribution in [0.25, 0.3) is 11.3 Å². The van der Waals surface area contributed by atoms with Crippen molar-refractivity contribution >= 4 is 29.6 Å². The van der Waals surface area contributed by atoms with Gasteiger partial charge in [-0.2, -0.15) is 22.1 Å². The normalized spacial score (nSPS) is 18.3. The number of rotatable bonds is 9. The predicted octanol–water partition coefficient (Wildman–Crippen LogP) is 5.01. The summed E-state index contributed by atoms with van der Waals surface area (Å²) in [5.74, 6) is 3.81. The average molecular weight is 596 g/mol. The van der Waals surface area contributed by atoms with Crippen LogP contribution in [0, 0.1) is 17.2 Å². The fourth-order valence-electron chi connectivity index (χ4n) is 5.44. The number of carbonyl (C=O) groups excluding carboxylic acids is 1. The van der Waals surface area contributed by atoms with Gasteiger partial charge < -0.3 is 10.1 Å². The van der Waals surface area contributed by atoms with E-state index in [1.165, 1.54) is 0 Å². The highest BCUT2D eigenvalue weighted by Crippen LogP contribution is 2.31. The first-order valence-electron chi connectivity index (χ1n) is 14.5. The fourth-order valence-corrected chi connectivity index (χ4v) is 6.24. The molecule has 0 atom stereocenters. The molecule has 0 unspecified atom stereocenters. The minimum Gasteiger partial charge on any atom is -0.444 e. The SMILES string of the molecule is Cn1cc(-c2cnc(N(C(=O)OCc3ccccc3)C3CCC(Nc4ncc(C#N)c(CC5CSC5)n4)CC3)cn2)cn1. The minimum absolute atomic E-state index is 0.103. The first kappa shape index (κ1) is 28.6. The van der Waals surface area contributed by atoms with Crippen molar-refractivity contribution in [2.24, 2.45) is 13.0 Å². The van der Waals surface area contributed by atoms with Gasteiger partial charge in [-0.05, 0) is 55.1 Å². The molecule has 43 heavy (non-hydrogen) atoms. The van der Waals surface area contributed by atoms with E-state index in [9.17, 15) is 10.1 Å². The number of nitrogens with zero attached hydrogens (tertiary/aromatic N) is 8. The molecule has 12 heteroatoms. The topological polar surface area (TPSA) is 135 Å². The number of nitrogens with one attached hydrogen (secondary N) is 1. The Labute approximate surface area is 254 Å². The van der Waals surface area contributed by atoms with Crippen LogP contribution < -0.4 is 10.2 Å². The molecule has 0 bridgehead atoms. The summed E-state index contributed by atoms with van der Waals surface area (Å²) in [4.78, 5) is 33.5. The first-order chi connectivity index (χ1) is 21.1. The van der Waals surface area contributed by atoms with Crippen LogP contribution in [0.15, 0.2) is 61.3 Å². The Morgan fingerprint density at radius 3 is 2.56 bits per heavy atom. The number of hydrogen-bond acceptors (Lipinski definition) is 10. The van der Waals surface area contributed by atoms with Crippen LogP contribution >= 0.6 is 11.8 Å². The third kappa shape index (κ3) is 6.94. The van der Waals surface area contributed by atoms with Gasteiger partial charge >= 0.3 is 6.09 Å². The molecule has 220 valence electrons. The number of amides is 1. The molecule has 0 spiro atoms. The van der Waals surface area contributed by atoms with Gasteiger partial charge in [0.15, 0.2) is 5.82 Å². The number of thioether (sulfide) groups is 1. The van der Waals surface area contributed by atoms with Crippen LogP contribution in [0.3, 0.4) is 0 Å². The van der Waals surface area contributed by atoms with Crippen molar-refractivity contribution < 1.29 is 9.53 Å². The number of anilines is 2. The van der Waals surface area contributed by atoms with E-state index in [1.54, 1.807) is 34.4 Å². The summed E-state index contributed by atoms with van der Waals surface area (Å²) in [5, 5.41) is 17.2. The van der Waals surface area contributed by atoms with E-state index >= 15 is 0 Å². The molecule has 1 aliphatic heterocycles. The van der Waals surface area contributed by atoms with Crippen LogP contribution in [0.5, 0.6) is 0 Å². The number of carbonyl (C=O) groups is 1. The summed E-state index contributed by atoms with van der Waals surface area (Å²) in [6, 6.07) is 11.9. The third-order valence-corrected chi connectivity index (χ3v) is 9.27. The van der Waals surface area contributed by atoms with Gasteiger partial charge in [-0.15, -0.1) is 0 Å². The van der Waals surface area contributed by atoms with Gasteiger partial charge in [-0.1, -0.05) is 30.3 Å². The van der Waals surface area contributed by atoms with E-state index in [2.05, 4.69) is 31.4 Å². The fraction of sp³-hybridized carbons (Fsp3) is 0.387. The molecule has 4 aromatic rings. The molecule has 4 heterocycles. The Balaban J connectivity index is 1.14. The maximum Gasteiger partial charge on any atom is 0.416 e. The van der Waals surface area contributed by atoms with Gasteiger partial charge in [0.2, 0.25) is 5.95 Å². The third-order valence-electron chi connectivity index (χ3n) is 7.86. The van der Waals surface area contributed by atoms with Gasteiger partial charge in [0, 0.05) is 30.9 Å². The molecule has 1 amide bonds. The van der Waals surface area contributed by atoms with Crippen molar-refractivity contribution in [3.8, 4) is 17.3 Å². The Hall–Kier alpha value is -4.50.